The van der Waals surface area contributed by atoms with E-state index in [-0.39, 0.29) is 12.2 Å². The minimum atomic E-state index is -1.22. The van der Waals surface area contributed by atoms with Crippen molar-refractivity contribution in [2.75, 3.05) is 0 Å². The van der Waals surface area contributed by atoms with Crippen LogP contribution in [-0.4, -0.2) is 21.9 Å². The second-order valence-corrected chi connectivity index (χ2v) is 3.27. The molecule has 0 aromatic heterocycles. The van der Waals surface area contributed by atoms with Crippen LogP contribution in [0.2, 0.25) is 0 Å². The molecule has 0 bridgehead atoms. The van der Waals surface area contributed by atoms with Gasteiger partial charge in [0, 0.05) is 18.7 Å². The molecule has 0 spiro atoms. The molecule has 0 saturated carbocycles. The molecular formula is C10H10N2O5. The van der Waals surface area contributed by atoms with Crippen LogP contribution in [0.4, 0.5) is 5.69 Å². The molecule has 0 saturated heterocycles. The molecule has 0 radical (unpaired) electrons. The highest BCUT2D eigenvalue weighted by molar-refractivity contribution is 5.93. The number of hydrogen-bond donors (Lipinski definition) is 2. The first kappa shape index (κ1) is 12.6. The van der Waals surface area contributed by atoms with Crippen LogP contribution in [-0.2, 0) is 16.1 Å². The molecule has 2 N–H and O–H groups in total. The topological polar surface area (TPSA) is 110 Å². The second-order valence-electron chi connectivity index (χ2n) is 3.27. The number of nitrogens with one attached hydrogen (secondary N) is 1. The Morgan fingerprint density at radius 3 is 2.71 bits per heavy atom. The highest BCUT2D eigenvalue weighted by atomic mass is 16.6. The lowest BCUT2D eigenvalue weighted by atomic mass is 10.2. The van der Waals surface area contributed by atoms with E-state index in [0.717, 1.165) is 0 Å². The summed E-state index contributed by atoms with van der Waals surface area (Å²) in [6.45, 7) is 0.0633. The Bertz CT molecular complexity index is 458. The summed E-state index contributed by atoms with van der Waals surface area (Å²) in [6, 6.07) is 5.76. The summed E-state index contributed by atoms with van der Waals surface area (Å²) in [7, 11) is 0. The van der Waals surface area contributed by atoms with E-state index in [1.165, 1.54) is 18.2 Å². The predicted octanol–water partition coefficient (Wildman–Crippen LogP) is 0.686. The van der Waals surface area contributed by atoms with Gasteiger partial charge in [-0.2, -0.15) is 0 Å². The maximum atomic E-state index is 11.0. The van der Waals surface area contributed by atoms with Crippen LogP contribution in [0.15, 0.2) is 24.3 Å². The molecule has 7 heteroatoms. The van der Waals surface area contributed by atoms with Gasteiger partial charge in [-0.3, -0.25) is 19.7 Å². The van der Waals surface area contributed by atoms with Crippen LogP contribution >= 0.6 is 0 Å². The Kier molecular flexibility index (Phi) is 4.15. The molecule has 0 heterocycles. The van der Waals surface area contributed by atoms with Crippen LogP contribution < -0.4 is 5.32 Å². The van der Waals surface area contributed by atoms with E-state index in [2.05, 4.69) is 5.32 Å². The Morgan fingerprint density at radius 2 is 2.12 bits per heavy atom. The SMILES string of the molecule is O=C(O)CC(=O)NCc1cccc([N+](=O)[O-])c1. The van der Waals surface area contributed by atoms with Crippen LogP contribution in [0.5, 0.6) is 0 Å². The predicted molar refractivity (Wildman–Crippen MR) is 57.2 cm³/mol. The number of carbonyl (C=O) groups is 2. The van der Waals surface area contributed by atoms with Gasteiger partial charge in [0.25, 0.3) is 5.69 Å². The summed E-state index contributed by atoms with van der Waals surface area (Å²) in [5, 5.41) is 21.2. The zero-order valence-electron chi connectivity index (χ0n) is 8.75. The minimum absolute atomic E-state index is 0.0633. The van der Waals surface area contributed by atoms with Crippen LogP contribution in [0.25, 0.3) is 0 Å². The first-order chi connectivity index (χ1) is 7.99. The summed E-state index contributed by atoms with van der Waals surface area (Å²) < 4.78 is 0. The molecule has 0 aliphatic rings. The number of non-ortho nitro benzene ring substituents is 1. The Labute approximate surface area is 96.2 Å². The number of carbonyl (C=O) groups excluding carboxylic acids is 1. The van der Waals surface area contributed by atoms with E-state index < -0.39 is 23.2 Å². The molecule has 0 aliphatic carbocycles. The molecular weight excluding hydrogens is 228 g/mol. The molecule has 1 aromatic rings. The van der Waals surface area contributed by atoms with Gasteiger partial charge in [-0.15, -0.1) is 0 Å². The number of carboxylic acids is 1. The lowest BCUT2D eigenvalue weighted by Gasteiger charge is -2.03. The number of nitrogens with zero attached hydrogens (tertiary/aromatic N) is 1. The van der Waals surface area contributed by atoms with E-state index >= 15 is 0 Å². The fourth-order valence-corrected chi connectivity index (χ4v) is 1.18. The van der Waals surface area contributed by atoms with E-state index in [9.17, 15) is 19.7 Å². The third-order valence-corrected chi connectivity index (χ3v) is 1.92. The first-order valence-electron chi connectivity index (χ1n) is 4.71. The molecule has 90 valence electrons. The molecule has 17 heavy (non-hydrogen) atoms. The Balaban J connectivity index is 2.57. The summed E-state index contributed by atoms with van der Waals surface area (Å²) in [5.41, 5.74) is 0.466. The normalized spacial score (nSPS) is 9.65. The maximum Gasteiger partial charge on any atom is 0.312 e. The van der Waals surface area contributed by atoms with E-state index in [4.69, 9.17) is 5.11 Å². The van der Waals surface area contributed by atoms with Crippen LogP contribution in [0.3, 0.4) is 0 Å². The van der Waals surface area contributed by atoms with Gasteiger partial charge in [-0.1, -0.05) is 12.1 Å². The lowest BCUT2D eigenvalue weighted by molar-refractivity contribution is -0.384. The average Bonchev–Trinajstić information content (AvgIpc) is 2.26. The number of carboxylic acid groups (broad SMARTS) is 1. The highest BCUT2D eigenvalue weighted by Gasteiger charge is 2.08. The first-order valence-corrected chi connectivity index (χ1v) is 4.71. The lowest BCUT2D eigenvalue weighted by Crippen LogP contribution is -2.25. The van der Waals surface area contributed by atoms with E-state index in [1.54, 1.807) is 6.07 Å². The molecule has 1 rings (SSSR count). The van der Waals surface area contributed by atoms with Crippen LogP contribution in [0, 0.1) is 10.1 Å². The molecule has 0 aliphatic heterocycles. The van der Waals surface area contributed by atoms with Gasteiger partial charge in [0.15, 0.2) is 0 Å². The van der Waals surface area contributed by atoms with Crippen molar-refractivity contribution in [2.45, 2.75) is 13.0 Å². The third-order valence-electron chi connectivity index (χ3n) is 1.92. The van der Waals surface area contributed by atoms with Crippen molar-refractivity contribution in [1.29, 1.82) is 0 Å². The smallest absolute Gasteiger partial charge is 0.312 e. The monoisotopic (exact) mass is 238 g/mol. The van der Waals surface area contributed by atoms with E-state index in [1.807, 2.05) is 0 Å². The molecule has 0 fully saturated rings. The minimum Gasteiger partial charge on any atom is -0.481 e. The highest BCUT2D eigenvalue weighted by Crippen LogP contribution is 2.12. The molecule has 7 nitrogen and oxygen atoms in total. The standard InChI is InChI=1S/C10H10N2O5/c13-9(5-10(14)15)11-6-7-2-1-3-8(4-7)12(16)17/h1-4H,5-6H2,(H,11,13)(H,14,15). The largest absolute Gasteiger partial charge is 0.481 e. The fourth-order valence-electron chi connectivity index (χ4n) is 1.18. The van der Waals surface area contributed by atoms with Gasteiger partial charge in [-0.25, -0.2) is 0 Å². The quantitative estimate of drug-likeness (QED) is 0.445. The molecule has 1 aromatic carbocycles. The summed E-state index contributed by atoms with van der Waals surface area (Å²) in [4.78, 5) is 31.2. The number of nitro groups is 1. The van der Waals surface area contributed by atoms with Gasteiger partial charge in [-0.05, 0) is 5.56 Å². The van der Waals surface area contributed by atoms with Crippen molar-refractivity contribution in [2.24, 2.45) is 0 Å². The van der Waals surface area contributed by atoms with Crippen molar-refractivity contribution in [1.82, 2.24) is 5.32 Å². The van der Waals surface area contributed by atoms with Gasteiger partial charge in [0.05, 0.1) is 4.92 Å². The average molecular weight is 238 g/mol. The summed E-state index contributed by atoms with van der Waals surface area (Å²) in [6.07, 6.45) is -0.616. The van der Waals surface area contributed by atoms with E-state index in [0.29, 0.717) is 5.56 Å². The fraction of sp³-hybridized carbons (Fsp3) is 0.200. The number of hydrogen-bond acceptors (Lipinski definition) is 4. The van der Waals surface area contributed by atoms with Gasteiger partial charge < -0.3 is 10.4 Å². The zero-order chi connectivity index (χ0) is 12.8. The number of aliphatic carboxylic acids is 1. The summed E-state index contributed by atoms with van der Waals surface area (Å²) in [5.74, 6) is -1.86. The summed E-state index contributed by atoms with van der Waals surface area (Å²) >= 11 is 0. The number of nitro benzene ring substituents is 1. The van der Waals surface area contributed by atoms with Crippen molar-refractivity contribution >= 4 is 17.6 Å². The Morgan fingerprint density at radius 1 is 1.41 bits per heavy atom. The number of benzene rings is 1. The van der Waals surface area contributed by atoms with Gasteiger partial charge in [0.2, 0.25) is 5.91 Å². The van der Waals surface area contributed by atoms with Crippen molar-refractivity contribution in [3.63, 3.8) is 0 Å². The number of amides is 1. The second kappa shape index (κ2) is 5.59. The molecule has 1 amide bonds. The van der Waals surface area contributed by atoms with Gasteiger partial charge in [0.1, 0.15) is 6.42 Å². The van der Waals surface area contributed by atoms with Crippen LogP contribution in [0.1, 0.15) is 12.0 Å². The Hall–Kier alpha value is -2.44. The van der Waals surface area contributed by atoms with Crippen molar-refractivity contribution in [3.05, 3.63) is 39.9 Å². The molecule has 0 atom stereocenters. The zero-order valence-corrected chi connectivity index (χ0v) is 8.75. The van der Waals surface area contributed by atoms with Crippen molar-refractivity contribution in [3.8, 4) is 0 Å². The van der Waals surface area contributed by atoms with Crippen molar-refractivity contribution < 1.29 is 19.6 Å². The third kappa shape index (κ3) is 4.29. The maximum absolute atomic E-state index is 11.0. The number of rotatable bonds is 5. The molecule has 0 unspecified atom stereocenters. The van der Waals surface area contributed by atoms with Gasteiger partial charge >= 0.3 is 5.97 Å².